The fourth-order valence-electron chi connectivity index (χ4n) is 3.68. The lowest BCUT2D eigenvalue weighted by Crippen LogP contribution is -2.60. The summed E-state index contributed by atoms with van der Waals surface area (Å²) in [7, 11) is 0. The molecule has 6 N–H and O–H groups in total. The van der Waals surface area contributed by atoms with Crippen molar-refractivity contribution >= 4 is 5.91 Å². The summed E-state index contributed by atoms with van der Waals surface area (Å²) in [5.41, 5.74) is 0. The van der Waals surface area contributed by atoms with Crippen molar-refractivity contribution in [2.45, 2.75) is 121 Å². The first-order chi connectivity index (χ1) is 15.8. The Hall–Kier alpha value is -1.07. The lowest BCUT2D eigenvalue weighted by Gasteiger charge is -2.40. The van der Waals surface area contributed by atoms with Crippen LogP contribution in [0.15, 0.2) is 12.2 Å². The SMILES string of the molecule is CCCCC/C=C/C(O)C(COC1OC(CO)C(O)C(O)C1O)NC(=O)CCCCCCC. The van der Waals surface area contributed by atoms with Gasteiger partial charge in [-0.2, -0.15) is 0 Å². The van der Waals surface area contributed by atoms with Crippen LogP contribution in [-0.2, 0) is 14.3 Å². The number of hydrogen-bond acceptors (Lipinski definition) is 8. The van der Waals surface area contributed by atoms with Gasteiger partial charge in [-0.3, -0.25) is 4.79 Å². The standard InChI is InChI=1S/C24H45NO8/c1-3-5-7-9-11-13-18(27)17(25-20(28)14-12-10-8-6-4-2)16-32-24-23(31)22(30)21(29)19(15-26)33-24/h11,13,17-19,21-24,26-27,29-31H,3-10,12,14-16H2,1-2H3,(H,25,28)/b13-11+. The zero-order valence-electron chi connectivity index (χ0n) is 20.1. The van der Waals surface area contributed by atoms with Crippen molar-refractivity contribution in [2.75, 3.05) is 13.2 Å². The number of aliphatic hydroxyl groups is 5. The summed E-state index contributed by atoms with van der Waals surface area (Å²) in [4.78, 5) is 12.4. The highest BCUT2D eigenvalue weighted by Crippen LogP contribution is 2.22. The lowest BCUT2D eigenvalue weighted by molar-refractivity contribution is -0.302. The van der Waals surface area contributed by atoms with E-state index in [0.29, 0.717) is 6.42 Å². The van der Waals surface area contributed by atoms with E-state index in [4.69, 9.17) is 9.47 Å². The number of carbonyl (C=O) groups excluding carboxylic acids is 1. The van der Waals surface area contributed by atoms with Crippen molar-refractivity contribution in [1.82, 2.24) is 5.32 Å². The minimum atomic E-state index is -1.56. The Balaban J connectivity index is 2.69. The Morgan fingerprint density at radius 2 is 1.67 bits per heavy atom. The molecule has 0 aromatic carbocycles. The molecule has 0 spiro atoms. The van der Waals surface area contributed by atoms with Gasteiger partial charge in [0, 0.05) is 6.42 Å². The number of rotatable bonds is 17. The van der Waals surface area contributed by atoms with Gasteiger partial charge in [0.15, 0.2) is 6.29 Å². The Bertz CT molecular complexity index is 545. The van der Waals surface area contributed by atoms with Gasteiger partial charge in [0.05, 0.1) is 25.4 Å². The van der Waals surface area contributed by atoms with Gasteiger partial charge in [-0.05, 0) is 19.3 Å². The van der Waals surface area contributed by atoms with Crippen molar-refractivity contribution in [3.05, 3.63) is 12.2 Å². The molecule has 1 rings (SSSR count). The molecule has 0 aromatic heterocycles. The molecule has 7 unspecified atom stereocenters. The summed E-state index contributed by atoms with van der Waals surface area (Å²) >= 11 is 0. The van der Waals surface area contributed by atoms with Crippen molar-refractivity contribution in [2.24, 2.45) is 0 Å². The summed E-state index contributed by atoms with van der Waals surface area (Å²) < 4.78 is 10.9. The second-order valence-electron chi connectivity index (χ2n) is 8.78. The highest BCUT2D eigenvalue weighted by atomic mass is 16.7. The lowest BCUT2D eigenvalue weighted by atomic mass is 9.99. The first-order valence-corrected chi connectivity index (χ1v) is 12.4. The molecule has 9 heteroatoms. The zero-order chi connectivity index (χ0) is 24.6. The molecule has 194 valence electrons. The average molecular weight is 476 g/mol. The van der Waals surface area contributed by atoms with Gasteiger partial charge < -0.3 is 40.3 Å². The van der Waals surface area contributed by atoms with Crippen molar-refractivity contribution in [1.29, 1.82) is 0 Å². The van der Waals surface area contributed by atoms with Crippen LogP contribution in [0.1, 0.15) is 78.1 Å². The number of nitrogens with one attached hydrogen (secondary N) is 1. The highest BCUT2D eigenvalue weighted by molar-refractivity contribution is 5.76. The molecule has 0 radical (unpaired) electrons. The molecule has 0 bridgehead atoms. The zero-order valence-corrected chi connectivity index (χ0v) is 20.1. The van der Waals surface area contributed by atoms with Gasteiger partial charge in [-0.15, -0.1) is 0 Å². The molecule has 1 heterocycles. The molecule has 1 aliphatic rings. The first kappa shape index (κ1) is 30.0. The molecule has 1 saturated heterocycles. The topological polar surface area (TPSA) is 149 Å². The molecule has 1 aliphatic heterocycles. The maximum atomic E-state index is 12.4. The van der Waals surface area contributed by atoms with Gasteiger partial charge in [0.25, 0.3) is 0 Å². The minimum absolute atomic E-state index is 0.190. The second kappa shape index (κ2) is 17.4. The summed E-state index contributed by atoms with van der Waals surface area (Å²) in [5.74, 6) is -0.202. The monoisotopic (exact) mass is 475 g/mol. The number of ether oxygens (including phenoxy) is 2. The van der Waals surface area contributed by atoms with E-state index in [1.165, 1.54) is 0 Å². The molecular weight excluding hydrogens is 430 g/mol. The largest absolute Gasteiger partial charge is 0.394 e. The molecular formula is C24H45NO8. The molecule has 1 amide bonds. The van der Waals surface area contributed by atoms with Crippen LogP contribution in [0.4, 0.5) is 0 Å². The minimum Gasteiger partial charge on any atom is -0.394 e. The van der Waals surface area contributed by atoms with E-state index in [0.717, 1.165) is 57.8 Å². The average Bonchev–Trinajstić information content (AvgIpc) is 2.80. The fraction of sp³-hybridized carbons (Fsp3) is 0.875. The normalized spacial score (nSPS) is 27.5. The predicted octanol–water partition coefficient (Wildman–Crippen LogP) is 1.15. The van der Waals surface area contributed by atoms with Crippen LogP contribution in [-0.4, -0.2) is 87.5 Å². The Labute approximate surface area is 197 Å². The molecule has 0 saturated carbocycles. The van der Waals surface area contributed by atoms with Gasteiger partial charge in [-0.25, -0.2) is 0 Å². The van der Waals surface area contributed by atoms with Crippen molar-refractivity contribution in [3.63, 3.8) is 0 Å². The van der Waals surface area contributed by atoms with E-state index in [2.05, 4.69) is 19.2 Å². The highest BCUT2D eigenvalue weighted by Gasteiger charge is 2.44. The van der Waals surface area contributed by atoms with Gasteiger partial charge >= 0.3 is 0 Å². The van der Waals surface area contributed by atoms with E-state index in [1.807, 2.05) is 6.08 Å². The third-order valence-corrected chi connectivity index (χ3v) is 5.86. The third-order valence-electron chi connectivity index (χ3n) is 5.86. The molecule has 0 aromatic rings. The van der Waals surface area contributed by atoms with E-state index < -0.39 is 49.5 Å². The molecule has 9 nitrogen and oxygen atoms in total. The van der Waals surface area contributed by atoms with Crippen LogP contribution in [0.25, 0.3) is 0 Å². The Morgan fingerprint density at radius 3 is 2.33 bits per heavy atom. The van der Waals surface area contributed by atoms with Gasteiger partial charge in [0.1, 0.15) is 24.4 Å². The predicted molar refractivity (Wildman–Crippen MR) is 124 cm³/mol. The van der Waals surface area contributed by atoms with E-state index >= 15 is 0 Å². The van der Waals surface area contributed by atoms with Crippen molar-refractivity contribution in [3.8, 4) is 0 Å². The van der Waals surface area contributed by atoms with Crippen LogP contribution in [0, 0.1) is 0 Å². The number of unbranched alkanes of at least 4 members (excludes halogenated alkanes) is 7. The van der Waals surface area contributed by atoms with E-state index in [1.54, 1.807) is 6.08 Å². The van der Waals surface area contributed by atoms with Gasteiger partial charge in [-0.1, -0.05) is 64.5 Å². The molecule has 0 aliphatic carbocycles. The summed E-state index contributed by atoms with van der Waals surface area (Å²) in [6.45, 7) is 3.49. The molecule has 1 fully saturated rings. The van der Waals surface area contributed by atoms with E-state index in [-0.39, 0.29) is 12.5 Å². The number of allylic oxidation sites excluding steroid dienone is 1. The maximum absolute atomic E-state index is 12.4. The number of carbonyl (C=O) groups is 1. The smallest absolute Gasteiger partial charge is 0.220 e. The van der Waals surface area contributed by atoms with Crippen molar-refractivity contribution < 1.29 is 39.8 Å². The summed E-state index contributed by atoms with van der Waals surface area (Å²) in [6, 6.07) is -0.789. The Kier molecular flexibility index (Phi) is 15.8. The number of amides is 1. The maximum Gasteiger partial charge on any atom is 0.220 e. The van der Waals surface area contributed by atoms with Gasteiger partial charge in [0.2, 0.25) is 5.91 Å². The first-order valence-electron chi connectivity index (χ1n) is 12.4. The van der Waals surface area contributed by atoms with Crippen LogP contribution >= 0.6 is 0 Å². The third kappa shape index (κ3) is 11.3. The second-order valence-corrected chi connectivity index (χ2v) is 8.78. The quantitative estimate of drug-likeness (QED) is 0.136. The number of aliphatic hydroxyl groups excluding tert-OH is 5. The van der Waals surface area contributed by atoms with Crippen LogP contribution < -0.4 is 5.32 Å². The van der Waals surface area contributed by atoms with Crippen LogP contribution in [0.2, 0.25) is 0 Å². The van der Waals surface area contributed by atoms with Crippen LogP contribution in [0.5, 0.6) is 0 Å². The Morgan fingerprint density at radius 1 is 1.00 bits per heavy atom. The number of hydrogen-bond donors (Lipinski definition) is 6. The molecule has 7 atom stereocenters. The summed E-state index contributed by atoms with van der Waals surface area (Å²) in [5, 5.41) is 52.7. The van der Waals surface area contributed by atoms with E-state index in [9.17, 15) is 30.3 Å². The fourth-order valence-corrected chi connectivity index (χ4v) is 3.68. The molecule has 33 heavy (non-hydrogen) atoms. The summed E-state index contributed by atoms with van der Waals surface area (Å²) in [6.07, 6.45) is 4.92. The van der Waals surface area contributed by atoms with Crippen LogP contribution in [0.3, 0.4) is 0 Å².